The average molecular weight is 391 g/mol. The van der Waals surface area contributed by atoms with E-state index < -0.39 is 11.8 Å². The molecule has 0 bridgehead atoms. The van der Waals surface area contributed by atoms with E-state index in [1.807, 2.05) is 59.7 Å². The van der Waals surface area contributed by atoms with Crippen molar-refractivity contribution in [1.82, 2.24) is 0 Å². The van der Waals surface area contributed by atoms with Crippen LogP contribution in [-0.4, -0.2) is 39.0 Å². The summed E-state index contributed by atoms with van der Waals surface area (Å²) >= 11 is 0.0383. The van der Waals surface area contributed by atoms with Crippen molar-refractivity contribution in [3.8, 4) is 0 Å². The molecule has 0 amide bonds. The number of hydrogen-bond acceptors (Lipinski definition) is 6. The van der Waals surface area contributed by atoms with Crippen LogP contribution in [-0.2, 0) is 29.1 Å². The van der Waals surface area contributed by atoms with Gasteiger partial charge in [0.1, 0.15) is 0 Å². The molecule has 0 heterocycles. The molecule has 0 N–H and O–H groups in total. The van der Waals surface area contributed by atoms with Gasteiger partial charge in [0.25, 0.3) is 0 Å². The fraction of sp³-hybridized carbons (Fsp3) is 0.600. The average Bonchev–Trinajstić information content (AvgIpc) is 2.46. The van der Waals surface area contributed by atoms with E-state index in [0.717, 1.165) is 0 Å². The number of benzene rings is 1. The van der Waals surface area contributed by atoms with Gasteiger partial charge < -0.3 is 0 Å². The van der Waals surface area contributed by atoms with E-state index in [9.17, 15) is 0 Å². The van der Waals surface area contributed by atoms with Crippen LogP contribution >= 0.6 is 0 Å². The monoisotopic (exact) mass is 392 g/mol. The van der Waals surface area contributed by atoms with Gasteiger partial charge in [-0.3, -0.25) is 0 Å². The van der Waals surface area contributed by atoms with Crippen LogP contribution in [0.1, 0.15) is 41.5 Å². The molecule has 0 aliphatic rings. The zero-order valence-corrected chi connectivity index (χ0v) is 16.2. The van der Waals surface area contributed by atoms with Crippen LogP contribution in [0.2, 0.25) is 0 Å². The van der Waals surface area contributed by atoms with Crippen LogP contribution in [0.25, 0.3) is 0 Å². The molecule has 0 spiro atoms. The summed E-state index contributed by atoms with van der Waals surface area (Å²) in [6.07, 6.45) is -0.296. The molecule has 1 aromatic carbocycles. The van der Waals surface area contributed by atoms with E-state index in [0.29, 0.717) is 0 Å². The predicted molar refractivity (Wildman–Crippen MR) is 88.4 cm³/mol. The first-order valence-electron chi connectivity index (χ1n) is 7.51. The Morgan fingerprint density at radius 3 is 1.87 bits per heavy atom. The van der Waals surface area contributed by atoms with Crippen LogP contribution in [0.5, 0.6) is 0 Å². The Hall–Kier alpha value is -0.436. The summed E-state index contributed by atoms with van der Waals surface area (Å²) in [6.45, 7) is 11.2. The summed E-state index contributed by atoms with van der Waals surface area (Å²) in [6, 6.07) is 10.1. The van der Waals surface area contributed by atoms with Gasteiger partial charge in [-0.15, -0.1) is 0 Å². The quantitative estimate of drug-likeness (QED) is 0.328. The molecule has 8 heteroatoms. The molecule has 0 saturated carbocycles. The molecule has 0 fully saturated rings. The molecule has 0 atom stereocenters. The zero-order valence-electron chi connectivity index (χ0n) is 14.5. The van der Waals surface area contributed by atoms with Crippen molar-refractivity contribution >= 4 is 26.7 Å². The normalized spacial score (nSPS) is 12.2. The van der Waals surface area contributed by atoms with Crippen molar-refractivity contribution in [2.45, 2.75) is 58.2 Å². The van der Waals surface area contributed by atoms with E-state index in [2.05, 4.69) is 12.1 Å². The Balaban J connectivity index is 2.49. The minimum absolute atomic E-state index is 0.0383. The second-order valence-electron chi connectivity index (χ2n) is 5.77. The number of hydrogen-bond donors (Lipinski definition) is 0. The second kappa shape index (κ2) is 10.4. The Morgan fingerprint density at radius 2 is 1.39 bits per heavy atom. The molecule has 0 aliphatic carbocycles. The first-order valence-corrected chi connectivity index (χ1v) is 9.22. The summed E-state index contributed by atoms with van der Waals surface area (Å²) in [4.78, 5) is 30.7. The first-order chi connectivity index (χ1) is 10.8. The van der Waals surface area contributed by atoms with Crippen molar-refractivity contribution in [2.24, 2.45) is 0 Å². The van der Waals surface area contributed by atoms with Crippen molar-refractivity contribution in [3.63, 3.8) is 0 Å². The number of rotatable bonds is 11. The molecule has 130 valence electrons. The summed E-state index contributed by atoms with van der Waals surface area (Å²) < 4.78 is 0.679. The molecule has 6 nitrogen and oxygen atoms in total. The SMILES string of the molecule is CC(C)OOB(OOC(C)C)OOC(C)(C)[Se]c1ccccc1. The van der Waals surface area contributed by atoms with Gasteiger partial charge in [0.2, 0.25) is 0 Å². The molecule has 0 radical (unpaired) electrons. The summed E-state index contributed by atoms with van der Waals surface area (Å²) in [5.41, 5.74) is 0. The van der Waals surface area contributed by atoms with Crippen LogP contribution in [0.4, 0.5) is 0 Å². The van der Waals surface area contributed by atoms with Crippen molar-refractivity contribution in [2.75, 3.05) is 0 Å². The second-order valence-corrected chi connectivity index (χ2v) is 9.25. The molecule has 1 aromatic rings. The summed E-state index contributed by atoms with van der Waals surface area (Å²) in [5.74, 6) is 0. The van der Waals surface area contributed by atoms with Crippen LogP contribution in [0.15, 0.2) is 30.3 Å². The third kappa shape index (κ3) is 10.1. The van der Waals surface area contributed by atoms with Gasteiger partial charge in [-0.05, 0) is 0 Å². The van der Waals surface area contributed by atoms with Crippen molar-refractivity contribution in [1.29, 1.82) is 0 Å². The van der Waals surface area contributed by atoms with Gasteiger partial charge in [-0.1, -0.05) is 0 Å². The third-order valence-electron chi connectivity index (χ3n) is 2.09. The van der Waals surface area contributed by atoms with Gasteiger partial charge >= 0.3 is 144 Å². The Bertz CT molecular complexity index is 417. The molecule has 23 heavy (non-hydrogen) atoms. The van der Waals surface area contributed by atoms with E-state index in [1.54, 1.807) is 0 Å². The van der Waals surface area contributed by atoms with Crippen LogP contribution in [0.3, 0.4) is 0 Å². The molecule has 1 rings (SSSR count). The summed E-state index contributed by atoms with van der Waals surface area (Å²) in [5, 5.41) is 0. The Morgan fingerprint density at radius 1 is 0.870 bits per heavy atom. The van der Waals surface area contributed by atoms with Gasteiger partial charge in [0.05, 0.1) is 0 Å². The Labute approximate surface area is 144 Å². The molecular weight excluding hydrogens is 366 g/mol. The molecule has 0 unspecified atom stereocenters. The summed E-state index contributed by atoms with van der Waals surface area (Å²) in [7, 11) is -1.23. The predicted octanol–water partition coefficient (Wildman–Crippen LogP) is 2.40. The molecular formula is C15H25BO6Se. The molecule has 0 saturated heterocycles. The van der Waals surface area contributed by atoms with E-state index in [-0.39, 0.29) is 27.2 Å². The van der Waals surface area contributed by atoms with Gasteiger partial charge in [-0.2, -0.15) is 0 Å². The fourth-order valence-corrected chi connectivity index (χ4v) is 3.27. The molecule has 0 aliphatic heterocycles. The first kappa shape index (κ1) is 20.6. The van der Waals surface area contributed by atoms with E-state index in [4.69, 9.17) is 29.1 Å². The van der Waals surface area contributed by atoms with E-state index >= 15 is 0 Å². The van der Waals surface area contributed by atoms with Crippen LogP contribution < -0.4 is 4.46 Å². The topological polar surface area (TPSA) is 55.4 Å². The van der Waals surface area contributed by atoms with E-state index in [1.165, 1.54) is 4.46 Å². The molecule has 0 aromatic heterocycles. The fourth-order valence-electron chi connectivity index (χ4n) is 1.31. The maximum atomic E-state index is 5.48. The minimum atomic E-state index is -1.23. The van der Waals surface area contributed by atoms with Crippen molar-refractivity contribution in [3.05, 3.63) is 30.3 Å². The third-order valence-corrected chi connectivity index (χ3v) is 4.33. The van der Waals surface area contributed by atoms with Gasteiger partial charge in [0, 0.05) is 0 Å². The van der Waals surface area contributed by atoms with Crippen molar-refractivity contribution < 1.29 is 29.1 Å². The Kier molecular flexibility index (Phi) is 9.35. The van der Waals surface area contributed by atoms with Gasteiger partial charge in [0.15, 0.2) is 0 Å². The van der Waals surface area contributed by atoms with Crippen LogP contribution in [0, 0.1) is 0 Å². The maximum absolute atomic E-state index is 5.48. The van der Waals surface area contributed by atoms with Gasteiger partial charge in [-0.25, -0.2) is 0 Å². The zero-order chi connectivity index (χ0) is 17.3. The standard InChI is InChI=1S/C15H25BO6Se/c1-12(2)17-20-16(21-18-13(3)4)22-19-15(5,6)23-14-10-8-7-9-11-14/h7-13H,1-6H3.